The van der Waals surface area contributed by atoms with Gasteiger partial charge in [-0.1, -0.05) is 19.3 Å². The van der Waals surface area contributed by atoms with E-state index >= 15 is 0 Å². The Hall–Kier alpha value is -3.02. The Labute approximate surface area is 175 Å². The standard InChI is InChI=1S/C24H25N3O3/c28-22(26-12-9-17-3-1-2-4-19(17)15-26)18-5-6-20-21(13-18)24(30)27(23(20)29)14-16-7-10-25-11-8-16/h5-8,10-11,13,17,19H,1-4,9,12,14-15H2/t17-,19+/m1/s1. The van der Waals surface area contributed by atoms with E-state index in [0.29, 0.717) is 22.6 Å². The van der Waals surface area contributed by atoms with Gasteiger partial charge in [0.25, 0.3) is 17.7 Å². The fraction of sp³-hybridized carbons (Fsp3) is 0.417. The molecule has 2 aromatic rings. The average molecular weight is 403 g/mol. The van der Waals surface area contributed by atoms with Crippen molar-refractivity contribution in [2.75, 3.05) is 13.1 Å². The summed E-state index contributed by atoms with van der Waals surface area (Å²) in [6.45, 7) is 1.78. The molecule has 6 nitrogen and oxygen atoms in total. The molecule has 0 radical (unpaired) electrons. The fourth-order valence-electron chi connectivity index (χ4n) is 5.21. The third-order valence-electron chi connectivity index (χ3n) is 6.89. The lowest BCUT2D eigenvalue weighted by molar-refractivity contribution is 0.0520. The zero-order chi connectivity index (χ0) is 20.7. The molecule has 2 aliphatic heterocycles. The molecule has 2 atom stereocenters. The van der Waals surface area contributed by atoms with E-state index in [2.05, 4.69) is 4.98 Å². The molecule has 3 aliphatic rings. The van der Waals surface area contributed by atoms with Gasteiger partial charge in [0.15, 0.2) is 0 Å². The lowest BCUT2D eigenvalue weighted by Gasteiger charge is -2.41. The van der Waals surface area contributed by atoms with Crippen molar-refractivity contribution in [1.29, 1.82) is 0 Å². The number of amides is 3. The maximum Gasteiger partial charge on any atom is 0.261 e. The molecule has 0 bridgehead atoms. The molecule has 6 heteroatoms. The molecule has 154 valence electrons. The van der Waals surface area contributed by atoms with E-state index in [1.165, 1.54) is 30.6 Å². The van der Waals surface area contributed by atoms with E-state index < -0.39 is 0 Å². The Balaban J connectivity index is 1.34. The first-order valence-corrected chi connectivity index (χ1v) is 10.8. The van der Waals surface area contributed by atoms with Crippen LogP contribution in [0.3, 0.4) is 0 Å². The monoisotopic (exact) mass is 403 g/mol. The van der Waals surface area contributed by atoms with Crippen LogP contribution in [-0.4, -0.2) is 45.6 Å². The molecule has 1 aliphatic carbocycles. The van der Waals surface area contributed by atoms with E-state index in [1.807, 2.05) is 4.90 Å². The molecule has 1 aromatic heterocycles. The van der Waals surface area contributed by atoms with Crippen LogP contribution in [0.5, 0.6) is 0 Å². The van der Waals surface area contributed by atoms with Gasteiger partial charge in [-0.3, -0.25) is 24.3 Å². The van der Waals surface area contributed by atoms with Gasteiger partial charge in [0, 0.05) is 31.0 Å². The summed E-state index contributed by atoms with van der Waals surface area (Å²) < 4.78 is 0. The van der Waals surface area contributed by atoms with E-state index in [9.17, 15) is 14.4 Å². The molecule has 0 N–H and O–H groups in total. The van der Waals surface area contributed by atoms with E-state index in [1.54, 1.807) is 42.7 Å². The number of fused-ring (bicyclic) bond motifs is 2. The highest BCUT2D eigenvalue weighted by Gasteiger charge is 2.37. The Morgan fingerprint density at radius 1 is 0.933 bits per heavy atom. The van der Waals surface area contributed by atoms with Crippen molar-refractivity contribution in [2.24, 2.45) is 11.8 Å². The van der Waals surface area contributed by atoms with E-state index in [0.717, 1.165) is 31.0 Å². The van der Waals surface area contributed by atoms with Crippen LogP contribution in [0.1, 0.15) is 68.7 Å². The summed E-state index contributed by atoms with van der Waals surface area (Å²) in [6.07, 6.45) is 9.40. The number of hydrogen-bond donors (Lipinski definition) is 0. The third kappa shape index (κ3) is 3.30. The molecule has 1 saturated carbocycles. The van der Waals surface area contributed by atoms with Gasteiger partial charge in [-0.25, -0.2) is 0 Å². The smallest absolute Gasteiger partial charge is 0.261 e. The van der Waals surface area contributed by atoms with Gasteiger partial charge in [0.05, 0.1) is 17.7 Å². The van der Waals surface area contributed by atoms with Gasteiger partial charge in [-0.15, -0.1) is 0 Å². The zero-order valence-corrected chi connectivity index (χ0v) is 16.9. The molecule has 3 heterocycles. The minimum Gasteiger partial charge on any atom is -0.338 e. The van der Waals surface area contributed by atoms with Crippen LogP contribution in [0.4, 0.5) is 0 Å². The first-order chi connectivity index (χ1) is 14.6. The number of hydrogen-bond acceptors (Lipinski definition) is 4. The van der Waals surface area contributed by atoms with Crippen molar-refractivity contribution in [3.8, 4) is 0 Å². The molecular weight excluding hydrogens is 378 g/mol. The van der Waals surface area contributed by atoms with Gasteiger partial charge >= 0.3 is 0 Å². The summed E-state index contributed by atoms with van der Waals surface area (Å²) in [5, 5.41) is 0. The first-order valence-electron chi connectivity index (χ1n) is 10.8. The number of rotatable bonds is 3. The van der Waals surface area contributed by atoms with Crippen LogP contribution in [0.15, 0.2) is 42.7 Å². The minimum atomic E-state index is -0.340. The van der Waals surface area contributed by atoms with Gasteiger partial charge in [-0.2, -0.15) is 0 Å². The van der Waals surface area contributed by atoms with Gasteiger partial charge in [0.2, 0.25) is 0 Å². The largest absolute Gasteiger partial charge is 0.338 e. The summed E-state index contributed by atoms with van der Waals surface area (Å²) in [5.41, 5.74) is 2.03. The van der Waals surface area contributed by atoms with E-state index in [-0.39, 0.29) is 24.3 Å². The summed E-state index contributed by atoms with van der Waals surface area (Å²) >= 11 is 0. The Kier molecular flexibility index (Phi) is 4.85. The van der Waals surface area contributed by atoms with Crippen molar-refractivity contribution in [1.82, 2.24) is 14.8 Å². The number of likely N-dealkylation sites (tertiary alicyclic amines) is 1. The summed E-state index contributed by atoms with van der Waals surface area (Å²) in [5.74, 6) is 0.671. The number of benzene rings is 1. The van der Waals surface area contributed by atoms with Crippen molar-refractivity contribution in [2.45, 2.75) is 38.6 Å². The molecule has 2 fully saturated rings. The number of carbonyl (C=O) groups excluding carboxylic acids is 3. The van der Waals surface area contributed by atoms with Crippen LogP contribution in [0, 0.1) is 11.8 Å². The lowest BCUT2D eigenvalue weighted by atomic mass is 9.75. The highest BCUT2D eigenvalue weighted by molar-refractivity contribution is 6.22. The van der Waals surface area contributed by atoms with Crippen LogP contribution < -0.4 is 0 Å². The fourth-order valence-corrected chi connectivity index (χ4v) is 5.21. The van der Waals surface area contributed by atoms with Crippen molar-refractivity contribution >= 4 is 17.7 Å². The Bertz CT molecular complexity index is 1000. The second-order valence-electron chi connectivity index (χ2n) is 8.66. The second-order valence-corrected chi connectivity index (χ2v) is 8.66. The molecule has 3 amide bonds. The minimum absolute atomic E-state index is 0.0327. The Morgan fingerprint density at radius 2 is 1.67 bits per heavy atom. The third-order valence-corrected chi connectivity index (χ3v) is 6.89. The quantitative estimate of drug-likeness (QED) is 0.735. The highest BCUT2D eigenvalue weighted by Crippen LogP contribution is 2.36. The molecule has 1 saturated heterocycles. The lowest BCUT2D eigenvalue weighted by Crippen LogP contribution is -2.44. The van der Waals surface area contributed by atoms with Crippen molar-refractivity contribution < 1.29 is 14.4 Å². The van der Waals surface area contributed by atoms with Crippen LogP contribution in [0.2, 0.25) is 0 Å². The number of pyridine rings is 1. The molecule has 0 unspecified atom stereocenters. The molecule has 1 aromatic carbocycles. The second kappa shape index (κ2) is 7.67. The van der Waals surface area contributed by atoms with Crippen LogP contribution in [-0.2, 0) is 6.54 Å². The summed E-state index contributed by atoms with van der Waals surface area (Å²) in [7, 11) is 0. The summed E-state index contributed by atoms with van der Waals surface area (Å²) in [4.78, 5) is 45.9. The van der Waals surface area contributed by atoms with Gasteiger partial charge in [0.1, 0.15) is 0 Å². The number of piperidine rings is 1. The zero-order valence-electron chi connectivity index (χ0n) is 16.9. The maximum atomic E-state index is 13.1. The van der Waals surface area contributed by atoms with Crippen molar-refractivity contribution in [3.05, 3.63) is 65.0 Å². The van der Waals surface area contributed by atoms with Gasteiger partial charge < -0.3 is 4.90 Å². The normalized spacial score (nSPS) is 23.3. The number of aromatic nitrogens is 1. The maximum absolute atomic E-state index is 13.1. The Morgan fingerprint density at radius 3 is 2.47 bits per heavy atom. The first kappa shape index (κ1) is 19.0. The SMILES string of the molecule is O=C(c1ccc2c(c1)C(=O)N(Cc1ccncc1)C2=O)N1CC[C@H]2CCCC[C@H]2C1. The van der Waals surface area contributed by atoms with Crippen molar-refractivity contribution in [3.63, 3.8) is 0 Å². The van der Waals surface area contributed by atoms with Crippen LogP contribution in [0.25, 0.3) is 0 Å². The van der Waals surface area contributed by atoms with Gasteiger partial charge in [-0.05, 0) is 60.6 Å². The number of imide groups is 1. The average Bonchev–Trinajstić information content (AvgIpc) is 3.03. The molecular formula is C24H25N3O3. The summed E-state index contributed by atoms with van der Waals surface area (Å²) in [6, 6.07) is 8.50. The molecule has 5 rings (SSSR count). The molecule has 30 heavy (non-hydrogen) atoms. The predicted octanol–water partition coefficient (Wildman–Crippen LogP) is 3.53. The van der Waals surface area contributed by atoms with E-state index in [4.69, 9.17) is 0 Å². The predicted molar refractivity (Wildman–Crippen MR) is 111 cm³/mol. The van der Waals surface area contributed by atoms with Crippen LogP contribution >= 0.6 is 0 Å². The molecule has 0 spiro atoms. The number of carbonyl (C=O) groups is 3. The number of nitrogens with zero attached hydrogens (tertiary/aromatic N) is 3. The topological polar surface area (TPSA) is 70.6 Å². The highest BCUT2D eigenvalue weighted by atomic mass is 16.2.